The van der Waals surface area contributed by atoms with Gasteiger partial charge in [-0.1, -0.05) is 40.0 Å². The second-order valence-electron chi connectivity index (χ2n) is 6.53. The summed E-state index contributed by atoms with van der Waals surface area (Å²) in [6.45, 7) is 8.13. The largest absolute Gasteiger partial charge is 0.394 e. The van der Waals surface area contributed by atoms with E-state index in [1.54, 1.807) is 7.11 Å². The normalized spacial score (nSPS) is 29.9. The number of ether oxygens (including phenoxy) is 5. The number of unbranched alkanes of at least 4 members (excludes halogenated alkanes) is 3. The summed E-state index contributed by atoms with van der Waals surface area (Å²) < 4.78 is 29.7. The second kappa shape index (κ2) is 13.9. The molecule has 0 aromatic rings. The van der Waals surface area contributed by atoms with Crippen LogP contribution in [0.25, 0.3) is 0 Å². The average Bonchev–Trinajstić information content (AvgIpc) is 2.63. The van der Waals surface area contributed by atoms with Gasteiger partial charge in [0.05, 0.1) is 6.61 Å². The Balaban J connectivity index is 2.87. The molecule has 0 aromatic heterocycles. The molecule has 6 nitrogen and oxygen atoms in total. The number of rotatable bonds is 14. The molecule has 25 heavy (non-hydrogen) atoms. The predicted octanol–water partition coefficient (Wildman–Crippen LogP) is 2.91. The number of hydrogen-bond acceptors (Lipinski definition) is 6. The Kier molecular flexibility index (Phi) is 12.7. The first kappa shape index (κ1) is 22.8. The Morgan fingerprint density at radius 1 is 0.760 bits per heavy atom. The zero-order chi connectivity index (χ0) is 18.5. The monoisotopic (exact) mass is 362 g/mol. The SMILES string of the molecule is CCCCOC1[C@H](OCCCC)C(OC)OC(CO)[C@@H]1OCCCC. The molecule has 150 valence electrons. The Morgan fingerprint density at radius 3 is 1.68 bits per heavy atom. The van der Waals surface area contributed by atoms with Crippen LogP contribution in [-0.4, -0.2) is 69.3 Å². The molecule has 0 amide bonds. The Labute approximate surface area is 153 Å². The average molecular weight is 363 g/mol. The topological polar surface area (TPSA) is 66.4 Å². The van der Waals surface area contributed by atoms with Crippen LogP contribution in [0.2, 0.25) is 0 Å². The maximum absolute atomic E-state index is 9.76. The van der Waals surface area contributed by atoms with Gasteiger partial charge in [-0.2, -0.15) is 0 Å². The molecule has 1 rings (SSSR count). The zero-order valence-corrected chi connectivity index (χ0v) is 16.4. The van der Waals surface area contributed by atoms with E-state index in [9.17, 15) is 5.11 Å². The Bertz CT molecular complexity index is 290. The van der Waals surface area contributed by atoms with E-state index in [-0.39, 0.29) is 24.9 Å². The van der Waals surface area contributed by atoms with E-state index in [4.69, 9.17) is 23.7 Å². The summed E-state index contributed by atoms with van der Waals surface area (Å²) in [4.78, 5) is 0. The first-order valence-electron chi connectivity index (χ1n) is 9.87. The van der Waals surface area contributed by atoms with Gasteiger partial charge in [0.1, 0.15) is 24.4 Å². The number of aliphatic hydroxyl groups is 1. The summed E-state index contributed by atoms with van der Waals surface area (Å²) in [6.07, 6.45) is 4.02. The van der Waals surface area contributed by atoms with E-state index in [0.717, 1.165) is 38.5 Å². The standard InChI is InChI=1S/C19H38O6/c1-5-8-11-22-16-15(14-20)25-19(21-4)18(24-13-10-7-3)17(16)23-12-9-6-2/h15-20H,5-14H2,1-4H3/t15?,16-,17?,18-,19?/m0/s1. The third-order valence-corrected chi connectivity index (χ3v) is 4.43. The third kappa shape index (κ3) is 7.49. The molecule has 3 unspecified atom stereocenters. The fraction of sp³-hybridized carbons (Fsp3) is 1.00. The highest BCUT2D eigenvalue weighted by molar-refractivity contribution is 4.92. The highest BCUT2D eigenvalue weighted by atomic mass is 16.7. The fourth-order valence-corrected chi connectivity index (χ4v) is 2.87. The number of hydrogen-bond donors (Lipinski definition) is 1. The van der Waals surface area contributed by atoms with E-state index >= 15 is 0 Å². The summed E-state index contributed by atoms with van der Waals surface area (Å²) in [5.41, 5.74) is 0. The van der Waals surface area contributed by atoms with Gasteiger partial charge in [0.25, 0.3) is 0 Å². The van der Waals surface area contributed by atoms with E-state index < -0.39 is 12.4 Å². The maximum Gasteiger partial charge on any atom is 0.186 e. The molecule has 0 radical (unpaired) electrons. The molecule has 1 aliphatic heterocycles. The first-order valence-corrected chi connectivity index (χ1v) is 9.87. The number of methoxy groups -OCH3 is 1. The van der Waals surface area contributed by atoms with Crippen molar-refractivity contribution in [1.29, 1.82) is 0 Å². The Morgan fingerprint density at radius 2 is 1.24 bits per heavy atom. The van der Waals surface area contributed by atoms with Gasteiger partial charge in [-0.05, 0) is 19.3 Å². The van der Waals surface area contributed by atoms with Crippen molar-refractivity contribution in [2.24, 2.45) is 0 Å². The molecule has 1 heterocycles. The number of aliphatic hydroxyl groups excluding tert-OH is 1. The highest BCUT2D eigenvalue weighted by Gasteiger charge is 2.48. The molecule has 0 saturated carbocycles. The lowest BCUT2D eigenvalue weighted by Gasteiger charge is -2.45. The molecule has 6 heteroatoms. The molecule has 1 fully saturated rings. The van der Waals surface area contributed by atoms with E-state index in [2.05, 4.69) is 20.8 Å². The van der Waals surface area contributed by atoms with E-state index in [0.29, 0.717) is 19.8 Å². The van der Waals surface area contributed by atoms with E-state index in [1.807, 2.05) is 0 Å². The lowest BCUT2D eigenvalue weighted by atomic mass is 9.98. The first-order chi connectivity index (χ1) is 12.2. The van der Waals surface area contributed by atoms with E-state index in [1.165, 1.54) is 0 Å². The van der Waals surface area contributed by atoms with Gasteiger partial charge in [-0.3, -0.25) is 0 Å². The molecule has 0 aliphatic carbocycles. The quantitative estimate of drug-likeness (QED) is 0.479. The lowest BCUT2D eigenvalue weighted by Crippen LogP contribution is -2.61. The summed E-state index contributed by atoms with van der Waals surface area (Å²) in [5.74, 6) is 0. The van der Waals surface area contributed by atoms with Gasteiger partial charge >= 0.3 is 0 Å². The van der Waals surface area contributed by atoms with Gasteiger partial charge < -0.3 is 28.8 Å². The van der Waals surface area contributed by atoms with Gasteiger partial charge in [0.2, 0.25) is 0 Å². The molecule has 5 atom stereocenters. The van der Waals surface area contributed by atoms with Gasteiger partial charge in [-0.15, -0.1) is 0 Å². The van der Waals surface area contributed by atoms with Crippen LogP contribution in [0, 0.1) is 0 Å². The predicted molar refractivity (Wildman–Crippen MR) is 96.7 cm³/mol. The van der Waals surface area contributed by atoms with Gasteiger partial charge in [0.15, 0.2) is 6.29 Å². The molecule has 1 N–H and O–H groups in total. The van der Waals surface area contributed by atoms with Crippen molar-refractivity contribution in [3.05, 3.63) is 0 Å². The van der Waals surface area contributed by atoms with Gasteiger partial charge in [0, 0.05) is 26.9 Å². The molecule has 0 aromatic carbocycles. The minimum atomic E-state index is -0.563. The second-order valence-corrected chi connectivity index (χ2v) is 6.53. The van der Waals surface area contributed by atoms with Crippen LogP contribution in [0.15, 0.2) is 0 Å². The molecular formula is C19H38O6. The van der Waals surface area contributed by atoms with Crippen molar-refractivity contribution in [2.75, 3.05) is 33.5 Å². The lowest BCUT2D eigenvalue weighted by molar-refractivity contribution is -0.316. The summed E-state index contributed by atoms with van der Waals surface area (Å²) in [5, 5.41) is 9.76. The molecule has 0 spiro atoms. The zero-order valence-electron chi connectivity index (χ0n) is 16.4. The summed E-state index contributed by atoms with van der Waals surface area (Å²) in [7, 11) is 1.59. The molecule has 1 saturated heterocycles. The van der Waals surface area contributed by atoms with Crippen molar-refractivity contribution < 1.29 is 28.8 Å². The minimum absolute atomic E-state index is 0.133. The van der Waals surface area contributed by atoms with Crippen molar-refractivity contribution in [3.63, 3.8) is 0 Å². The van der Waals surface area contributed by atoms with Crippen molar-refractivity contribution in [1.82, 2.24) is 0 Å². The van der Waals surface area contributed by atoms with Crippen LogP contribution >= 0.6 is 0 Å². The van der Waals surface area contributed by atoms with Crippen molar-refractivity contribution in [3.8, 4) is 0 Å². The summed E-state index contributed by atoms with van der Waals surface area (Å²) >= 11 is 0. The molecular weight excluding hydrogens is 324 g/mol. The maximum atomic E-state index is 9.76. The van der Waals surface area contributed by atoms with Crippen LogP contribution in [0.5, 0.6) is 0 Å². The minimum Gasteiger partial charge on any atom is -0.394 e. The van der Waals surface area contributed by atoms with Crippen LogP contribution in [0.1, 0.15) is 59.3 Å². The van der Waals surface area contributed by atoms with Crippen molar-refractivity contribution >= 4 is 0 Å². The molecule has 1 aliphatic rings. The summed E-state index contributed by atoms with van der Waals surface area (Å²) in [6, 6.07) is 0. The smallest absolute Gasteiger partial charge is 0.186 e. The van der Waals surface area contributed by atoms with Crippen molar-refractivity contribution in [2.45, 2.75) is 90.0 Å². The third-order valence-electron chi connectivity index (χ3n) is 4.43. The van der Waals surface area contributed by atoms with Crippen LogP contribution < -0.4 is 0 Å². The Hall–Kier alpha value is -0.240. The van der Waals surface area contributed by atoms with Crippen LogP contribution in [0.4, 0.5) is 0 Å². The van der Waals surface area contributed by atoms with Crippen LogP contribution in [0.3, 0.4) is 0 Å². The fourth-order valence-electron chi connectivity index (χ4n) is 2.87. The molecule has 0 bridgehead atoms. The van der Waals surface area contributed by atoms with Crippen LogP contribution in [-0.2, 0) is 23.7 Å². The highest BCUT2D eigenvalue weighted by Crippen LogP contribution is 2.29. The van der Waals surface area contributed by atoms with Gasteiger partial charge in [-0.25, -0.2) is 0 Å².